The van der Waals surface area contributed by atoms with E-state index in [2.05, 4.69) is 218 Å². The standard InChI is InChI=1S/C68H38N4O2/c1-6-21-48(60-38-70-64-50-23-8-3-18-45(50)47-20-5-10-25-52(47)66(64)72-60)43(16-1)41-31-33-62-58(36-41)56-29-13-27-54(68(56)74-62)53-26-12-28-55-57-35-40(30-32-61(57)73-67(53)55)39-14-11-15-42(34-39)59-37-69-63-49-22-7-2-17-44(49)46-19-4-9-24-51(46)65(63)71-59/h1-38H. The molecule has 0 atom stereocenters. The molecule has 0 saturated heterocycles. The SMILES string of the molecule is c1cc(-c2ccc3oc4c(-c5cccc6c5oc5ccc(-c7ccccc7-c7cnc8c9ccccc9c9ccccc9c8n7)cc56)cccc4c3c2)cc(-c2cnc3c4ccccc4c4ccccc4c3n2)c1. The Morgan fingerprint density at radius 2 is 0.635 bits per heavy atom. The third-order valence-corrected chi connectivity index (χ3v) is 15.1. The lowest BCUT2D eigenvalue weighted by atomic mass is 9.95. The Bertz CT molecular complexity index is 4980. The summed E-state index contributed by atoms with van der Waals surface area (Å²) < 4.78 is 13.6. The molecule has 74 heavy (non-hydrogen) atoms. The van der Waals surface area contributed by atoms with Crippen LogP contribution >= 0.6 is 0 Å². The predicted octanol–water partition coefficient (Wildman–Crippen LogP) is 18.3. The zero-order chi connectivity index (χ0) is 48.4. The van der Waals surface area contributed by atoms with Crippen LogP contribution in [0.4, 0.5) is 0 Å². The second-order valence-corrected chi connectivity index (χ2v) is 19.2. The summed E-state index contributed by atoms with van der Waals surface area (Å²) in [5.41, 5.74) is 16.8. The van der Waals surface area contributed by atoms with Crippen LogP contribution in [-0.2, 0) is 0 Å². The molecule has 16 rings (SSSR count). The Kier molecular flexibility index (Phi) is 8.64. The topological polar surface area (TPSA) is 77.8 Å². The van der Waals surface area contributed by atoms with Crippen molar-refractivity contribution in [3.63, 3.8) is 0 Å². The van der Waals surface area contributed by atoms with Gasteiger partial charge in [-0.3, -0.25) is 9.97 Å². The van der Waals surface area contributed by atoms with Gasteiger partial charge in [-0.25, -0.2) is 9.97 Å². The molecule has 4 aromatic heterocycles. The number of hydrogen-bond acceptors (Lipinski definition) is 6. The molecule has 0 spiro atoms. The Balaban J connectivity index is 0.769. The van der Waals surface area contributed by atoms with Gasteiger partial charge in [0.2, 0.25) is 0 Å². The van der Waals surface area contributed by atoms with Crippen LogP contribution < -0.4 is 0 Å². The molecule has 0 aliphatic carbocycles. The number of hydrogen-bond donors (Lipinski definition) is 0. The Morgan fingerprint density at radius 1 is 0.243 bits per heavy atom. The van der Waals surface area contributed by atoms with Gasteiger partial charge in [0.25, 0.3) is 0 Å². The quantitative estimate of drug-likeness (QED) is 0.160. The van der Waals surface area contributed by atoms with E-state index in [9.17, 15) is 0 Å². The van der Waals surface area contributed by atoms with Crippen molar-refractivity contribution < 1.29 is 8.83 Å². The summed E-state index contributed by atoms with van der Waals surface area (Å²) >= 11 is 0. The van der Waals surface area contributed by atoms with Crippen molar-refractivity contribution >= 4 is 109 Å². The third-order valence-electron chi connectivity index (χ3n) is 15.1. The highest BCUT2D eigenvalue weighted by Crippen LogP contribution is 2.44. The van der Waals surface area contributed by atoms with E-state index >= 15 is 0 Å². The molecule has 16 aromatic rings. The molecular weight excluding hydrogens is 905 g/mol. The molecule has 12 aromatic carbocycles. The summed E-state index contributed by atoms with van der Waals surface area (Å²) in [4.78, 5) is 20.8. The highest BCUT2D eigenvalue weighted by Gasteiger charge is 2.21. The summed E-state index contributed by atoms with van der Waals surface area (Å²) in [6, 6.07) is 76.7. The molecule has 6 heteroatoms. The van der Waals surface area contributed by atoms with Crippen LogP contribution in [0.15, 0.2) is 240 Å². The smallest absolute Gasteiger partial charge is 0.143 e. The summed E-state index contributed by atoms with van der Waals surface area (Å²) in [6.45, 7) is 0. The van der Waals surface area contributed by atoms with Crippen molar-refractivity contribution in [3.05, 3.63) is 231 Å². The molecule has 0 amide bonds. The number of fused-ring (bicyclic) bond motifs is 18. The second kappa shape index (κ2) is 15.7. The van der Waals surface area contributed by atoms with Gasteiger partial charge in [0.1, 0.15) is 22.3 Å². The number of para-hydroxylation sites is 2. The van der Waals surface area contributed by atoms with Crippen LogP contribution in [0.3, 0.4) is 0 Å². The van der Waals surface area contributed by atoms with Crippen LogP contribution in [0.1, 0.15) is 0 Å². The van der Waals surface area contributed by atoms with E-state index in [-0.39, 0.29) is 0 Å². The zero-order valence-electron chi connectivity index (χ0n) is 39.5. The first-order valence-corrected chi connectivity index (χ1v) is 24.9. The van der Waals surface area contributed by atoms with E-state index in [1.807, 2.05) is 12.4 Å². The lowest BCUT2D eigenvalue weighted by Crippen LogP contribution is -1.93. The van der Waals surface area contributed by atoms with Gasteiger partial charge in [-0.1, -0.05) is 188 Å². The van der Waals surface area contributed by atoms with Crippen molar-refractivity contribution in [2.75, 3.05) is 0 Å². The average molecular weight is 943 g/mol. The second-order valence-electron chi connectivity index (χ2n) is 19.2. The molecule has 0 unspecified atom stereocenters. The van der Waals surface area contributed by atoms with Crippen molar-refractivity contribution in [3.8, 4) is 55.9 Å². The normalized spacial score (nSPS) is 12.1. The van der Waals surface area contributed by atoms with E-state index in [1.54, 1.807) is 0 Å². The minimum atomic E-state index is 0.816. The summed E-state index contributed by atoms with van der Waals surface area (Å²) in [6.07, 6.45) is 3.82. The molecule has 0 bridgehead atoms. The number of rotatable bonds is 5. The molecule has 0 radical (unpaired) electrons. The predicted molar refractivity (Wildman–Crippen MR) is 304 cm³/mol. The molecule has 342 valence electrons. The molecule has 6 nitrogen and oxygen atoms in total. The first kappa shape index (κ1) is 40.7. The largest absolute Gasteiger partial charge is 0.455 e. The van der Waals surface area contributed by atoms with Crippen molar-refractivity contribution in [2.24, 2.45) is 0 Å². The molecule has 0 aliphatic rings. The van der Waals surface area contributed by atoms with Crippen LogP contribution in [0.25, 0.3) is 165 Å². The fraction of sp³-hybridized carbons (Fsp3) is 0. The number of nitrogens with zero attached hydrogens (tertiary/aromatic N) is 4. The molecule has 0 N–H and O–H groups in total. The van der Waals surface area contributed by atoms with Gasteiger partial charge in [0.15, 0.2) is 0 Å². The number of aromatic nitrogens is 4. The Hall–Kier alpha value is -10.0. The van der Waals surface area contributed by atoms with E-state index in [4.69, 9.17) is 28.8 Å². The lowest BCUT2D eigenvalue weighted by molar-refractivity contribution is 0.665. The van der Waals surface area contributed by atoms with E-state index in [0.29, 0.717) is 0 Å². The molecule has 0 saturated carbocycles. The minimum Gasteiger partial charge on any atom is -0.455 e. The van der Waals surface area contributed by atoms with Gasteiger partial charge in [-0.05, 0) is 74.1 Å². The highest BCUT2D eigenvalue weighted by molar-refractivity contribution is 6.24. The summed E-state index contributed by atoms with van der Waals surface area (Å²) in [5.74, 6) is 0. The molecule has 0 aliphatic heterocycles. The monoisotopic (exact) mass is 942 g/mol. The first-order valence-electron chi connectivity index (χ1n) is 24.9. The number of benzene rings is 12. The van der Waals surface area contributed by atoms with Gasteiger partial charge in [0, 0.05) is 65.3 Å². The maximum atomic E-state index is 6.81. The Morgan fingerprint density at radius 3 is 1.20 bits per heavy atom. The summed E-state index contributed by atoms with van der Waals surface area (Å²) in [5, 5.41) is 13.3. The van der Waals surface area contributed by atoms with Crippen LogP contribution in [0, 0.1) is 0 Å². The van der Waals surface area contributed by atoms with E-state index in [0.717, 1.165) is 143 Å². The van der Waals surface area contributed by atoms with Crippen molar-refractivity contribution in [1.82, 2.24) is 19.9 Å². The highest BCUT2D eigenvalue weighted by atomic mass is 16.3. The first-order chi connectivity index (χ1) is 36.7. The lowest BCUT2D eigenvalue weighted by Gasteiger charge is -2.12. The van der Waals surface area contributed by atoms with Crippen molar-refractivity contribution in [2.45, 2.75) is 0 Å². The van der Waals surface area contributed by atoms with Crippen LogP contribution in [-0.4, -0.2) is 19.9 Å². The average Bonchev–Trinajstić information content (AvgIpc) is 4.06. The summed E-state index contributed by atoms with van der Waals surface area (Å²) in [7, 11) is 0. The number of furan rings is 2. The van der Waals surface area contributed by atoms with Gasteiger partial charge in [0.05, 0.1) is 45.8 Å². The van der Waals surface area contributed by atoms with Crippen LogP contribution in [0.5, 0.6) is 0 Å². The maximum Gasteiger partial charge on any atom is 0.143 e. The van der Waals surface area contributed by atoms with Gasteiger partial charge in [-0.15, -0.1) is 0 Å². The fourth-order valence-electron chi connectivity index (χ4n) is 11.7. The van der Waals surface area contributed by atoms with E-state index in [1.165, 1.54) is 21.5 Å². The fourth-order valence-corrected chi connectivity index (χ4v) is 11.7. The van der Waals surface area contributed by atoms with Crippen molar-refractivity contribution in [1.29, 1.82) is 0 Å². The minimum absolute atomic E-state index is 0.816. The van der Waals surface area contributed by atoms with E-state index < -0.39 is 0 Å². The van der Waals surface area contributed by atoms with Gasteiger partial charge < -0.3 is 8.83 Å². The maximum absolute atomic E-state index is 6.81. The van der Waals surface area contributed by atoms with Crippen LogP contribution in [0.2, 0.25) is 0 Å². The molecular formula is C68H38N4O2. The van der Waals surface area contributed by atoms with Gasteiger partial charge >= 0.3 is 0 Å². The third kappa shape index (κ3) is 6.06. The zero-order valence-corrected chi connectivity index (χ0v) is 39.5. The van der Waals surface area contributed by atoms with Gasteiger partial charge in [-0.2, -0.15) is 0 Å². The molecule has 4 heterocycles. The Labute approximate surface area is 422 Å². The molecule has 0 fully saturated rings.